The van der Waals surface area contributed by atoms with Crippen LogP contribution in [0.15, 0.2) is 18.2 Å². The van der Waals surface area contributed by atoms with Gasteiger partial charge in [-0.2, -0.15) is 0 Å². The Kier molecular flexibility index (Phi) is 5.21. The van der Waals surface area contributed by atoms with Gasteiger partial charge in [0.25, 0.3) is 0 Å². The van der Waals surface area contributed by atoms with Crippen LogP contribution in [0.1, 0.15) is 42.5 Å². The molecule has 0 aliphatic carbocycles. The summed E-state index contributed by atoms with van der Waals surface area (Å²) in [5.74, 6) is -0.294. The molecule has 2 N–H and O–H groups in total. The molecule has 0 radical (unpaired) electrons. The van der Waals surface area contributed by atoms with E-state index < -0.39 is 0 Å². The van der Waals surface area contributed by atoms with Crippen LogP contribution in [-0.2, 0) is 24.3 Å². The van der Waals surface area contributed by atoms with E-state index in [2.05, 4.69) is 41.6 Å². The van der Waals surface area contributed by atoms with Crippen molar-refractivity contribution in [2.75, 3.05) is 13.6 Å². The standard InChI is InChI=1S/C19H27N3O2/c1-14-7-6-8-15-16-13-21(2)12-10-17(16)22(19(14)15)11-5-3-4-9-18(23)20-24/h6-8,24H,3-5,9-13H2,1-2H3,(H,20,23). The number of fused-ring (bicyclic) bond motifs is 3. The van der Waals surface area contributed by atoms with E-state index in [9.17, 15) is 4.79 Å². The van der Waals surface area contributed by atoms with Crippen molar-refractivity contribution < 1.29 is 10.0 Å². The van der Waals surface area contributed by atoms with Gasteiger partial charge in [0.15, 0.2) is 0 Å². The molecule has 0 unspecified atom stereocenters. The monoisotopic (exact) mass is 329 g/mol. The van der Waals surface area contributed by atoms with E-state index in [4.69, 9.17) is 5.21 Å². The van der Waals surface area contributed by atoms with Gasteiger partial charge in [-0.15, -0.1) is 0 Å². The van der Waals surface area contributed by atoms with Gasteiger partial charge in [-0.25, -0.2) is 5.48 Å². The Labute approximate surface area is 143 Å². The Bertz CT molecular complexity index is 736. The zero-order valence-corrected chi connectivity index (χ0v) is 14.6. The molecule has 24 heavy (non-hydrogen) atoms. The van der Waals surface area contributed by atoms with Crippen LogP contribution in [0.2, 0.25) is 0 Å². The molecule has 1 aliphatic heterocycles. The number of para-hydroxylation sites is 1. The molecule has 0 saturated carbocycles. The maximum absolute atomic E-state index is 11.1. The van der Waals surface area contributed by atoms with E-state index in [1.807, 2.05) is 0 Å². The number of benzene rings is 1. The van der Waals surface area contributed by atoms with E-state index in [0.717, 1.165) is 45.3 Å². The van der Waals surface area contributed by atoms with Crippen LogP contribution < -0.4 is 5.48 Å². The summed E-state index contributed by atoms with van der Waals surface area (Å²) in [6.45, 7) is 5.33. The Hall–Kier alpha value is -1.85. The molecular weight excluding hydrogens is 302 g/mol. The average Bonchev–Trinajstić information content (AvgIpc) is 2.89. The summed E-state index contributed by atoms with van der Waals surface area (Å²) in [6, 6.07) is 6.60. The topological polar surface area (TPSA) is 57.5 Å². The fourth-order valence-electron chi connectivity index (χ4n) is 3.86. The lowest BCUT2D eigenvalue weighted by Crippen LogP contribution is -2.27. The van der Waals surface area contributed by atoms with E-state index in [-0.39, 0.29) is 5.91 Å². The molecule has 1 aromatic heterocycles. The number of hydroxylamine groups is 1. The van der Waals surface area contributed by atoms with Gasteiger partial charge >= 0.3 is 0 Å². The van der Waals surface area contributed by atoms with Crippen LogP contribution in [-0.4, -0.2) is 34.2 Å². The minimum absolute atomic E-state index is 0.294. The van der Waals surface area contributed by atoms with Gasteiger partial charge in [-0.1, -0.05) is 24.6 Å². The highest BCUT2D eigenvalue weighted by Gasteiger charge is 2.22. The van der Waals surface area contributed by atoms with Crippen molar-refractivity contribution in [2.24, 2.45) is 0 Å². The Morgan fingerprint density at radius 1 is 1.29 bits per heavy atom. The van der Waals surface area contributed by atoms with Crippen molar-refractivity contribution in [3.05, 3.63) is 35.0 Å². The molecule has 1 aliphatic rings. The SMILES string of the molecule is Cc1cccc2c3c(n(CCCCCC(=O)NO)c12)CCN(C)C3. The van der Waals surface area contributed by atoms with Gasteiger partial charge in [0.1, 0.15) is 0 Å². The van der Waals surface area contributed by atoms with Gasteiger partial charge < -0.3 is 9.47 Å². The molecule has 0 bridgehead atoms. The number of unbranched alkanes of at least 4 members (excludes halogenated alkanes) is 2. The van der Waals surface area contributed by atoms with Crippen molar-refractivity contribution in [1.29, 1.82) is 0 Å². The molecule has 0 spiro atoms. The van der Waals surface area contributed by atoms with Crippen LogP contribution in [0.3, 0.4) is 0 Å². The summed E-state index contributed by atoms with van der Waals surface area (Å²) in [5.41, 5.74) is 7.39. The van der Waals surface area contributed by atoms with Crippen molar-refractivity contribution in [3.8, 4) is 0 Å². The maximum atomic E-state index is 11.1. The highest BCUT2D eigenvalue weighted by atomic mass is 16.5. The second-order valence-corrected chi connectivity index (χ2v) is 6.88. The normalized spacial score (nSPS) is 14.8. The highest BCUT2D eigenvalue weighted by molar-refractivity contribution is 5.88. The predicted octanol–water partition coefficient (Wildman–Crippen LogP) is 3.00. The molecule has 0 atom stereocenters. The number of likely N-dealkylation sites (N-methyl/N-ethyl adjacent to an activating group) is 1. The summed E-state index contributed by atoms with van der Waals surface area (Å²) in [7, 11) is 2.19. The Morgan fingerprint density at radius 2 is 2.12 bits per heavy atom. The Morgan fingerprint density at radius 3 is 2.92 bits per heavy atom. The lowest BCUT2D eigenvalue weighted by molar-refractivity contribution is -0.129. The minimum atomic E-state index is -0.294. The summed E-state index contributed by atoms with van der Waals surface area (Å²) < 4.78 is 2.51. The summed E-state index contributed by atoms with van der Waals surface area (Å²) in [4.78, 5) is 13.5. The van der Waals surface area contributed by atoms with E-state index in [1.54, 1.807) is 5.48 Å². The first-order valence-electron chi connectivity index (χ1n) is 8.83. The molecule has 0 saturated heterocycles. The Balaban J connectivity index is 1.78. The van der Waals surface area contributed by atoms with Gasteiger partial charge in [0.2, 0.25) is 5.91 Å². The lowest BCUT2D eigenvalue weighted by Gasteiger charge is -2.24. The number of rotatable bonds is 6. The first kappa shape index (κ1) is 17.0. The van der Waals surface area contributed by atoms with Crippen LogP contribution >= 0.6 is 0 Å². The number of aromatic nitrogens is 1. The smallest absolute Gasteiger partial charge is 0.243 e. The van der Waals surface area contributed by atoms with Crippen molar-refractivity contribution in [1.82, 2.24) is 14.9 Å². The summed E-state index contributed by atoms with van der Waals surface area (Å²) in [5, 5.41) is 9.94. The first-order chi connectivity index (χ1) is 11.6. The third-order valence-corrected chi connectivity index (χ3v) is 5.08. The molecular formula is C19H27N3O2. The molecule has 0 fully saturated rings. The lowest BCUT2D eigenvalue weighted by atomic mass is 10.0. The second kappa shape index (κ2) is 7.36. The van der Waals surface area contributed by atoms with Crippen molar-refractivity contribution in [2.45, 2.75) is 52.1 Å². The van der Waals surface area contributed by atoms with E-state index >= 15 is 0 Å². The quantitative estimate of drug-likeness (QED) is 0.487. The van der Waals surface area contributed by atoms with Crippen LogP contribution in [0.5, 0.6) is 0 Å². The van der Waals surface area contributed by atoms with Crippen LogP contribution in [0, 0.1) is 6.92 Å². The predicted molar refractivity (Wildman–Crippen MR) is 95.1 cm³/mol. The third-order valence-electron chi connectivity index (χ3n) is 5.08. The van der Waals surface area contributed by atoms with E-state index in [0.29, 0.717) is 6.42 Å². The number of amides is 1. The van der Waals surface area contributed by atoms with Gasteiger partial charge in [0.05, 0.1) is 5.52 Å². The molecule has 1 aromatic carbocycles. The number of nitrogens with zero attached hydrogens (tertiary/aromatic N) is 2. The molecule has 130 valence electrons. The molecule has 1 amide bonds. The number of hydrogen-bond donors (Lipinski definition) is 2. The second-order valence-electron chi connectivity index (χ2n) is 6.88. The summed E-state index contributed by atoms with van der Waals surface area (Å²) in [6.07, 6.45) is 4.36. The fraction of sp³-hybridized carbons (Fsp3) is 0.526. The zero-order chi connectivity index (χ0) is 17.1. The van der Waals surface area contributed by atoms with Gasteiger partial charge in [-0.05, 0) is 37.9 Å². The number of carbonyl (C=O) groups excluding carboxylic acids is 1. The highest BCUT2D eigenvalue weighted by Crippen LogP contribution is 2.32. The van der Waals surface area contributed by atoms with Crippen LogP contribution in [0.25, 0.3) is 10.9 Å². The van der Waals surface area contributed by atoms with Crippen molar-refractivity contribution in [3.63, 3.8) is 0 Å². The molecule has 2 heterocycles. The van der Waals surface area contributed by atoms with Gasteiger partial charge in [0, 0.05) is 43.6 Å². The number of carbonyl (C=O) groups is 1. The van der Waals surface area contributed by atoms with Crippen molar-refractivity contribution >= 4 is 16.8 Å². The molecule has 3 rings (SSSR count). The van der Waals surface area contributed by atoms with E-state index in [1.165, 1.54) is 27.7 Å². The number of aryl methyl sites for hydroxylation is 2. The molecule has 2 aromatic rings. The first-order valence-corrected chi connectivity index (χ1v) is 8.83. The largest absolute Gasteiger partial charge is 0.344 e. The summed E-state index contributed by atoms with van der Waals surface area (Å²) >= 11 is 0. The maximum Gasteiger partial charge on any atom is 0.243 e. The van der Waals surface area contributed by atoms with Crippen LogP contribution in [0.4, 0.5) is 0 Å². The minimum Gasteiger partial charge on any atom is -0.344 e. The molecule has 5 nitrogen and oxygen atoms in total. The third kappa shape index (κ3) is 3.32. The molecule has 5 heteroatoms. The van der Waals surface area contributed by atoms with Gasteiger partial charge in [-0.3, -0.25) is 10.0 Å². The number of nitrogens with one attached hydrogen (secondary N) is 1. The number of hydrogen-bond acceptors (Lipinski definition) is 3. The fourth-order valence-corrected chi connectivity index (χ4v) is 3.86. The average molecular weight is 329 g/mol. The zero-order valence-electron chi connectivity index (χ0n) is 14.6.